The first kappa shape index (κ1) is 24.1. The predicted molar refractivity (Wildman–Crippen MR) is 155 cm³/mol. The number of aromatic nitrogens is 4. The monoisotopic (exact) mass is 560 g/mol. The van der Waals surface area contributed by atoms with Crippen molar-refractivity contribution in [2.75, 3.05) is 0 Å². The molecule has 2 fully saturated rings. The number of para-hydroxylation sites is 4. The highest BCUT2D eigenvalue weighted by molar-refractivity contribution is 5.95. The van der Waals surface area contributed by atoms with Gasteiger partial charge in [-0.05, 0) is 48.5 Å². The molecule has 0 spiro atoms. The lowest BCUT2D eigenvalue weighted by molar-refractivity contribution is 0.208. The van der Waals surface area contributed by atoms with Gasteiger partial charge in [0.05, 0.1) is 22.1 Å². The van der Waals surface area contributed by atoms with E-state index in [1.165, 1.54) is 24.3 Å². The Morgan fingerprint density at radius 2 is 0.881 bits per heavy atom. The van der Waals surface area contributed by atoms with Crippen molar-refractivity contribution in [3.8, 4) is 0 Å². The summed E-state index contributed by atoms with van der Waals surface area (Å²) in [7, 11) is 0. The van der Waals surface area contributed by atoms with Crippen molar-refractivity contribution in [1.82, 2.24) is 41.2 Å². The Kier molecular flexibility index (Phi) is 5.07. The van der Waals surface area contributed by atoms with Gasteiger partial charge in [-0.1, -0.05) is 48.5 Å². The summed E-state index contributed by atoms with van der Waals surface area (Å²) in [5, 5.41) is 13.9. The molecule has 12 heteroatoms. The number of aromatic amines is 2. The molecule has 0 bridgehead atoms. The molecule has 6 N–H and O–H groups in total. The van der Waals surface area contributed by atoms with E-state index < -0.39 is 11.3 Å². The van der Waals surface area contributed by atoms with Crippen molar-refractivity contribution < 1.29 is 8.78 Å². The molecule has 2 saturated heterocycles. The first-order valence-electron chi connectivity index (χ1n) is 13.2. The maximum Gasteiger partial charge on any atom is 0.231 e. The molecule has 2 aliphatic heterocycles. The molecule has 0 radical (unpaired) electrons. The molecule has 0 aliphatic carbocycles. The number of fused-ring (bicyclic) bond motifs is 3. The summed E-state index contributed by atoms with van der Waals surface area (Å²) in [5.74, 6) is 0.728. The van der Waals surface area contributed by atoms with Crippen LogP contribution in [0.2, 0.25) is 0 Å². The lowest BCUT2D eigenvalue weighted by Gasteiger charge is -2.38. The summed E-state index contributed by atoms with van der Waals surface area (Å²) >= 11 is 0. The zero-order chi connectivity index (χ0) is 28.3. The molecule has 42 heavy (non-hydrogen) atoms. The number of rotatable bonds is 4. The van der Waals surface area contributed by atoms with Crippen LogP contribution in [0.4, 0.5) is 20.7 Å². The Morgan fingerprint density at radius 1 is 0.500 bits per heavy atom. The molecule has 0 unspecified atom stereocenters. The molecule has 4 heterocycles. The maximum atomic E-state index is 14.1. The molecule has 8 rings (SSSR count). The number of aliphatic imine (C=N–C) groups is 2. The van der Waals surface area contributed by atoms with Crippen LogP contribution < -0.4 is 21.3 Å². The molecule has 206 valence electrons. The second-order valence-electron chi connectivity index (χ2n) is 10.1. The van der Waals surface area contributed by atoms with Crippen molar-refractivity contribution in [3.63, 3.8) is 0 Å². The Morgan fingerprint density at radius 3 is 1.26 bits per heavy atom. The fourth-order valence-electron chi connectivity index (χ4n) is 5.64. The predicted octanol–water partition coefficient (Wildman–Crippen LogP) is 4.48. The Bertz CT molecular complexity index is 1800. The molecular formula is C30H22F2N10. The van der Waals surface area contributed by atoms with Crippen molar-refractivity contribution in [2.45, 2.75) is 11.3 Å². The highest BCUT2D eigenvalue weighted by Gasteiger charge is 2.65. The lowest BCUT2D eigenvalue weighted by Crippen LogP contribution is -2.60. The van der Waals surface area contributed by atoms with Gasteiger partial charge in [0.25, 0.3) is 0 Å². The van der Waals surface area contributed by atoms with Crippen LogP contribution in [0.5, 0.6) is 0 Å². The first-order valence-corrected chi connectivity index (χ1v) is 13.2. The number of hydrogen-bond donors (Lipinski definition) is 6. The molecule has 2 aromatic heterocycles. The first-order chi connectivity index (χ1) is 20.5. The summed E-state index contributed by atoms with van der Waals surface area (Å²) in [6, 6.07) is 27.5. The smallest absolute Gasteiger partial charge is 0.231 e. The van der Waals surface area contributed by atoms with Crippen molar-refractivity contribution in [2.24, 2.45) is 9.98 Å². The average molecular weight is 561 g/mol. The highest BCUT2D eigenvalue weighted by atomic mass is 19.1. The molecule has 0 amide bonds. The van der Waals surface area contributed by atoms with Crippen molar-refractivity contribution in [1.29, 1.82) is 0 Å². The lowest BCUT2D eigenvalue weighted by atomic mass is 9.83. The Hall–Kier alpha value is -5.78. The molecular weight excluding hydrogens is 538 g/mol. The van der Waals surface area contributed by atoms with Gasteiger partial charge in [0, 0.05) is 11.1 Å². The minimum atomic E-state index is -1.20. The number of guanidine groups is 2. The van der Waals surface area contributed by atoms with Crippen molar-refractivity contribution in [3.05, 3.63) is 120 Å². The van der Waals surface area contributed by atoms with E-state index in [2.05, 4.69) is 41.2 Å². The van der Waals surface area contributed by atoms with Gasteiger partial charge in [-0.25, -0.2) is 18.7 Å². The topological polar surface area (TPSA) is 130 Å². The van der Waals surface area contributed by atoms with Crippen LogP contribution in [0.3, 0.4) is 0 Å². The molecule has 2 aliphatic rings. The van der Waals surface area contributed by atoms with Crippen LogP contribution >= 0.6 is 0 Å². The van der Waals surface area contributed by atoms with E-state index in [4.69, 9.17) is 9.98 Å². The minimum Gasteiger partial charge on any atom is -0.325 e. The van der Waals surface area contributed by atoms with Crippen molar-refractivity contribution >= 4 is 45.9 Å². The van der Waals surface area contributed by atoms with E-state index in [1.807, 2.05) is 48.5 Å². The van der Waals surface area contributed by atoms with Gasteiger partial charge in [0.2, 0.25) is 23.8 Å². The van der Waals surface area contributed by atoms with Gasteiger partial charge in [-0.3, -0.25) is 0 Å². The average Bonchev–Trinajstić information content (AvgIpc) is 3.73. The number of halogens is 2. The van der Waals surface area contributed by atoms with Crippen LogP contribution in [-0.2, 0) is 11.3 Å². The van der Waals surface area contributed by atoms with Crippen LogP contribution in [0.25, 0.3) is 22.1 Å². The van der Waals surface area contributed by atoms with Gasteiger partial charge in [-0.15, -0.1) is 0 Å². The molecule has 10 nitrogen and oxygen atoms in total. The summed E-state index contributed by atoms with van der Waals surface area (Å²) < 4.78 is 28.2. The van der Waals surface area contributed by atoms with Crippen LogP contribution in [0.1, 0.15) is 11.1 Å². The van der Waals surface area contributed by atoms with Gasteiger partial charge >= 0.3 is 0 Å². The highest BCUT2D eigenvalue weighted by Crippen LogP contribution is 2.44. The van der Waals surface area contributed by atoms with Crippen LogP contribution in [0.15, 0.2) is 107 Å². The maximum absolute atomic E-state index is 14.1. The van der Waals surface area contributed by atoms with E-state index in [0.29, 0.717) is 34.9 Å². The summed E-state index contributed by atoms with van der Waals surface area (Å²) in [6.45, 7) is 0. The third kappa shape index (κ3) is 3.69. The summed E-state index contributed by atoms with van der Waals surface area (Å²) in [4.78, 5) is 25.0. The number of nitrogens with zero attached hydrogens (tertiary/aromatic N) is 4. The normalized spacial score (nSPS) is 21.0. The number of H-pyrrole nitrogens is 2. The second kappa shape index (κ2) is 8.86. The standard InChI is InChI=1S/C30H22F2N10/c31-19-13-9-17(10-14-19)29-30(18-11-15-20(32)16-12-18,40-27(39-29)37-25-33-21-5-1-2-6-22(21)34-25)42-28(41-29)38-26-35-23-7-3-4-8-24(23)36-26/h1-16H,(H3,33,34,37,39,40)(H3,35,36,38,41,42). The van der Waals surface area contributed by atoms with Gasteiger partial charge in [-0.2, -0.15) is 9.98 Å². The van der Waals surface area contributed by atoms with E-state index in [9.17, 15) is 8.78 Å². The fourth-order valence-corrected chi connectivity index (χ4v) is 5.64. The molecule has 6 aromatic rings. The van der Waals surface area contributed by atoms with Gasteiger partial charge in [0.15, 0.2) is 11.3 Å². The SMILES string of the molecule is Fc1ccc(C23NC(=Nc4nc5ccccc5[nH]4)NC2(c2ccc(F)cc2)NC(=Nc2nc4ccccc4[nH]2)N3)cc1. The van der Waals surface area contributed by atoms with Crippen LogP contribution in [-0.4, -0.2) is 31.9 Å². The summed E-state index contributed by atoms with van der Waals surface area (Å²) in [5.41, 5.74) is 2.15. The number of imidazole rings is 2. The number of hydrogen-bond acceptors (Lipinski definition) is 4. The second-order valence-corrected chi connectivity index (χ2v) is 10.1. The number of nitrogens with one attached hydrogen (secondary N) is 6. The minimum absolute atomic E-state index is 0.366. The number of benzene rings is 4. The molecule has 4 aromatic carbocycles. The van der Waals surface area contributed by atoms with E-state index in [0.717, 1.165) is 22.1 Å². The Labute approximate surface area is 237 Å². The third-order valence-corrected chi connectivity index (χ3v) is 7.53. The van der Waals surface area contributed by atoms with Crippen LogP contribution in [0, 0.1) is 11.6 Å². The zero-order valence-electron chi connectivity index (χ0n) is 21.8. The van der Waals surface area contributed by atoms with E-state index >= 15 is 0 Å². The van der Waals surface area contributed by atoms with Gasteiger partial charge < -0.3 is 31.2 Å². The molecule has 0 saturated carbocycles. The van der Waals surface area contributed by atoms with E-state index in [1.54, 1.807) is 24.3 Å². The Balaban J connectivity index is 1.30. The largest absolute Gasteiger partial charge is 0.325 e. The fraction of sp³-hybridized carbons (Fsp3) is 0.0667. The quantitative estimate of drug-likeness (QED) is 0.189. The third-order valence-electron chi connectivity index (χ3n) is 7.53. The summed E-state index contributed by atoms with van der Waals surface area (Å²) in [6.07, 6.45) is 0. The van der Waals surface area contributed by atoms with E-state index in [-0.39, 0.29) is 11.6 Å². The van der Waals surface area contributed by atoms with Gasteiger partial charge in [0.1, 0.15) is 11.6 Å². The molecule has 0 atom stereocenters. The zero-order valence-corrected chi connectivity index (χ0v) is 21.8.